The third kappa shape index (κ3) is 7.49. The van der Waals surface area contributed by atoms with Gasteiger partial charge in [0.15, 0.2) is 6.61 Å². The molecule has 6 nitrogen and oxygen atoms in total. The van der Waals surface area contributed by atoms with Crippen molar-refractivity contribution in [1.82, 2.24) is 5.32 Å². The van der Waals surface area contributed by atoms with Gasteiger partial charge in [0, 0.05) is 5.56 Å². The molecule has 1 saturated heterocycles. The Labute approximate surface area is 184 Å². The van der Waals surface area contributed by atoms with Crippen molar-refractivity contribution in [3.05, 3.63) is 71.3 Å². The van der Waals surface area contributed by atoms with Crippen LogP contribution in [0.2, 0.25) is 0 Å². The second-order valence-corrected chi connectivity index (χ2v) is 8.47. The smallest absolute Gasteiger partial charge is 0.338 e. The Morgan fingerprint density at radius 3 is 2.35 bits per heavy atom. The van der Waals surface area contributed by atoms with Crippen molar-refractivity contribution in [2.24, 2.45) is 5.92 Å². The van der Waals surface area contributed by atoms with E-state index in [-0.39, 0.29) is 18.6 Å². The van der Waals surface area contributed by atoms with Gasteiger partial charge in [-0.1, -0.05) is 56.3 Å². The first kappa shape index (κ1) is 23.0. The fraction of sp³-hybridized carbons (Fsp3) is 0.440. The number of quaternary nitrogens is 1. The number of nitrogens with one attached hydrogen (secondary N) is 2. The van der Waals surface area contributed by atoms with Gasteiger partial charge in [0.2, 0.25) is 0 Å². The molecule has 0 aromatic heterocycles. The van der Waals surface area contributed by atoms with E-state index in [1.54, 1.807) is 12.1 Å². The highest BCUT2D eigenvalue weighted by molar-refractivity contribution is 5.91. The second kappa shape index (κ2) is 11.6. The molecule has 0 bridgehead atoms. The van der Waals surface area contributed by atoms with E-state index in [1.807, 2.05) is 42.5 Å². The topological polar surface area (TPSA) is 69.1 Å². The SMILES string of the molecule is CC(C)C[C@@H](NC(=O)COC(=O)c1ccc(C[NH+]2CCOCC2)cc1)c1ccccc1. The Balaban J connectivity index is 1.49. The summed E-state index contributed by atoms with van der Waals surface area (Å²) < 4.78 is 10.6. The van der Waals surface area contributed by atoms with E-state index in [1.165, 1.54) is 10.5 Å². The maximum Gasteiger partial charge on any atom is 0.338 e. The quantitative estimate of drug-likeness (QED) is 0.604. The van der Waals surface area contributed by atoms with Gasteiger partial charge < -0.3 is 19.7 Å². The standard InChI is InChI=1S/C25H32N2O4/c1-19(2)16-23(21-6-4-3-5-7-21)26-24(28)18-31-25(29)22-10-8-20(9-11-22)17-27-12-14-30-15-13-27/h3-11,19,23H,12-18H2,1-2H3,(H,26,28)/p+1/t23-/m1/s1. The van der Waals surface area contributed by atoms with Crippen LogP contribution in [0.5, 0.6) is 0 Å². The van der Waals surface area contributed by atoms with E-state index < -0.39 is 5.97 Å². The first-order chi connectivity index (χ1) is 15.0. The Bertz CT molecular complexity index is 830. The minimum atomic E-state index is -0.486. The molecule has 0 spiro atoms. The molecule has 1 heterocycles. The van der Waals surface area contributed by atoms with Crippen LogP contribution < -0.4 is 10.2 Å². The molecule has 1 aliphatic rings. The lowest BCUT2D eigenvalue weighted by Crippen LogP contribution is -3.12. The lowest BCUT2D eigenvalue weighted by atomic mass is 9.97. The Hall–Kier alpha value is -2.70. The lowest BCUT2D eigenvalue weighted by molar-refractivity contribution is -0.921. The van der Waals surface area contributed by atoms with E-state index in [9.17, 15) is 9.59 Å². The molecule has 1 amide bonds. The van der Waals surface area contributed by atoms with Crippen molar-refractivity contribution in [3.63, 3.8) is 0 Å². The van der Waals surface area contributed by atoms with Gasteiger partial charge in [-0.3, -0.25) is 4.79 Å². The third-order valence-corrected chi connectivity index (χ3v) is 5.42. The molecule has 1 fully saturated rings. The molecule has 2 aromatic carbocycles. The van der Waals surface area contributed by atoms with E-state index in [0.29, 0.717) is 11.5 Å². The molecule has 0 aliphatic carbocycles. The number of ether oxygens (including phenoxy) is 2. The van der Waals surface area contributed by atoms with Crippen molar-refractivity contribution < 1.29 is 24.0 Å². The van der Waals surface area contributed by atoms with Crippen molar-refractivity contribution in [2.75, 3.05) is 32.9 Å². The van der Waals surface area contributed by atoms with Crippen molar-refractivity contribution >= 4 is 11.9 Å². The average Bonchev–Trinajstić information content (AvgIpc) is 2.78. The molecule has 1 aliphatic heterocycles. The predicted molar refractivity (Wildman–Crippen MR) is 119 cm³/mol. The number of amides is 1. The van der Waals surface area contributed by atoms with Gasteiger partial charge in [0.05, 0.1) is 24.8 Å². The van der Waals surface area contributed by atoms with Gasteiger partial charge >= 0.3 is 5.97 Å². The third-order valence-electron chi connectivity index (χ3n) is 5.42. The highest BCUT2D eigenvalue weighted by Gasteiger charge is 2.18. The summed E-state index contributed by atoms with van der Waals surface area (Å²) in [6.45, 7) is 8.45. The van der Waals surface area contributed by atoms with Crippen LogP contribution in [0.15, 0.2) is 54.6 Å². The van der Waals surface area contributed by atoms with Gasteiger partial charge in [0.1, 0.15) is 19.6 Å². The van der Waals surface area contributed by atoms with Gasteiger partial charge in [0.25, 0.3) is 5.91 Å². The molecule has 2 aromatic rings. The fourth-order valence-corrected chi connectivity index (χ4v) is 3.77. The molecule has 166 valence electrons. The zero-order valence-corrected chi connectivity index (χ0v) is 18.4. The number of rotatable bonds is 9. The van der Waals surface area contributed by atoms with Crippen LogP contribution in [0.3, 0.4) is 0 Å². The normalized spacial score (nSPS) is 15.5. The minimum Gasteiger partial charge on any atom is -0.452 e. The van der Waals surface area contributed by atoms with Gasteiger partial charge in [-0.25, -0.2) is 4.79 Å². The maximum atomic E-state index is 12.4. The highest BCUT2D eigenvalue weighted by atomic mass is 16.5. The second-order valence-electron chi connectivity index (χ2n) is 8.47. The van der Waals surface area contributed by atoms with Crippen LogP contribution in [0, 0.1) is 5.92 Å². The van der Waals surface area contributed by atoms with Crippen LogP contribution in [0.25, 0.3) is 0 Å². The minimum absolute atomic E-state index is 0.102. The zero-order chi connectivity index (χ0) is 22.1. The molecular weight excluding hydrogens is 392 g/mol. The van der Waals surface area contributed by atoms with Crippen LogP contribution >= 0.6 is 0 Å². The fourth-order valence-electron chi connectivity index (χ4n) is 3.77. The molecule has 6 heteroatoms. The van der Waals surface area contributed by atoms with Gasteiger partial charge in [-0.05, 0) is 30.0 Å². The molecule has 0 saturated carbocycles. The largest absolute Gasteiger partial charge is 0.452 e. The summed E-state index contributed by atoms with van der Waals surface area (Å²) >= 11 is 0. The molecule has 0 unspecified atom stereocenters. The molecule has 31 heavy (non-hydrogen) atoms. The van der Waals surface area contributed by atoms with Crippen LogP contribution in [0.4, 0.5) is 0 Å². The lowest BCUT2D eigenvalue weighted by Gasteiger charge is -2.23. The monoisotopic (exact) mass is 425 g/mol. The number of esters is 1. The molecule has 1 atom stereocenters. The van der Waals surface area contributed by atoms with E-state index in [2.05, 4.69) is 19.2 Å². The Kier molecular flexibility index (Phi) is 8.62. The summed E-state index contributed by atoms with van der Waals surface area (Å²) in [7, 11) is 0. The van der Waals surface area contributed by atoms with Crippen LogP contribution in [-0.4, -0.2) is 44.8 Å². The van der Waals surface area contributed by atoms with E-state index >= 15 is 0 Å². The number of carbonyl (C=O) groups excluding carboxylic acids is 2. The average molecular weight is 426 g/mol. The van der Waals surface area contributed by atoms with Crippen molar-refractivity contribution in [2.45, 2.75) is 32.9 Å². The predicted octanol–water partition coefficient (Wildman–Crippen LogP) is 2.16. The number of carbonyl (C=O) groups is 2. The Morgan fingerprint density at radius 2 is 1.71 bits per heavy atom. The first-order valence-corrected chi connectivity index (χ1v) is 11.0. The first-order valence-electron chi connectivity index (χ1n) is 11.0. The number of morpholine rings is 1. The summed E-state index contributed by atoms with van der Waals surface area (Å²) in [5.74, 6) is -0.359. The van der Waals surface area contributed by atoms with Crippen molar-refractivity contribution in [3.8, 4) is 0 Å². The van der Waals surface area contributed by atoms with Gasteiger partial charge in [-0.15, -0.1) is 0 Å². The number of hydrogen-bond donors (Lipinski definition) is 2. The van der Waals surface area contributed by atoms with Crippen molar-refractivity contribution in [1.29, 1.82) is 0 Å². The number of benzene rings is 2. The maximum absolute atomic E-state index is 12.4. The summed E-state index contributed by atoms with van der Waals surface area (Å²) in [4.78, 5) is 26.3. The molecular formula is C25H33N2O4+. The van der Waals surface area contributed by atoms with Gasteiger partial charge in [-0.2, -0.15) is 0 Å². The van der Waals surface area contributed by atoms with Crippen LogP contribution in [-0.2, 0) is 20.8 Å². The zero-order valence-electron chi connectivity index (χ0n) is 18.4. The molecule has 0 radical (unpaired) electrons. The Morgan fingerprint density at radius 1 is 1.03 bits per heavy atom. The van der Waals surface area contributed by atoms with E-state index in [4.69, 9.17) is 9.47 Å². The molecule has 3 rings (SSSR count). The van der Waals surface area contributed by atoms with E-state index in [0.717, 1.165) is 44.8 Å². The molecule has 2 N–H and O–H groups in total. The number of hydrogen-bond acceptors (Lipinski definition) is 4. The summed E-state index contributed by atoms with van der Waals surface area (Å²) in [6.07, 6.45) is 0.816. The highest BCUT2D eigenvalue weighted by Crippen LogP contribution is 2.21. The van der Waals surface area contributed by atoms with Crippen LogP contribution in [0.1, 0.15) is 47.8 Å². The summed E-state index contributed by atoms with van der Waals surface area (Å²) in [5, 5.41) is 3.00. The summed E-state index contributed by atoms with van der Waals surface area (Å²) in [6, 6.07) is 17.2. The summed E-state index contributed by atoms with van der Waals surface area (Å²) in [5.41, 5.74) is 2.68.